The van der Waals surface area contributed by atoms with E-state index in [1.807, 2.05) is 20.8 Å². The number of hydrogen-bond acceptors (Lipinski definition) is 4. The average molecular weight is 331 g/mol. The van der Waals surface area contributed by atoms with Crippen molar-refractivity contribution in [3.05, 3.63) is 41.7 Å². The molecular formula is C17H22FN5O. The molecule has 3 rings (SSSR count). The summed E-state index contributed by atoms with van der Waals surface area (Å²) in [6.45, 7) is 8.09. The molecule has 128 valence electrons. The van der Waals surface area contributed by atoms with Gasteiger partial charge < -0.3 is 10.2 Å². The van der Waals surface area contributed by atoms with Crippen LogP contribution in [0.3, 0.4) is 0 Å². The number of aromatic nitrogens is 3. The van der Waals surface area contributed by atoms with Crippen LogP contribution >= 0.6 is 0 Å². The van der Waals surface area contributed by atoms with Crippen molar-refractivity contribution in [3.8, 4) is 5.69 Å². The molecule has 2 heterocycles. The standard InChI is InChI=1S/C17H22FN5O/c1-11(2)16-20-15(17(24)22-8-7-19-10-12(22)3)21-23(16)14-6-4-5-13(18)9-14/h4-6,9,11-12,19H,7-8,10H2,1-3H3/t12-/m0/s1. The molecule has 0 saturated carbocycles. The molecule has 1 aliphatic heterocycles. The first kappa shape index (κ1) is 16.6. The van der Waals surface area contributed by atoms with Crippen molar-refractivity contribution in [3.63, 3.8) is 0 Å². The molecule has 1 aromatic carbocycles. The number of benzene rings is 1. The van der Waals surface area contributed by atoms with Crippen molar-refractivity contribution in [2.24, 2.45) is 0 Å². The summed E-state index contributed by atoms with van der Waals surface area (Å²) in [6.07, 6.45) is 0. The first-order valence-corrected chi connectivity index (χ1v) is 8.22. The number of carbonyl (C=O) groups excluding carboxylic acids is 1. The molecule has 7 heteroatoms. The molecular weight excluding hydrogens is 309 g/mol. The zero-order chi connectivity index (χ0) is 17.3. The topological polar surface area (TPSA) is 63.1 Å². The third kappa shape index (κ3) is 3.17. The molecule has 1 N–H and O–H groups in total. The molecule has 1 atom stereocenters. The molecule has 1 amide bonds. The van der Waals surface area contributed by atoms with Crippen LogP contribution in [0.5, 0.6) is 0 Å². The van der Waals surface area contributed by atoms with Gasteiger partial charge in [0.05, 0.1) is 5.69 Å². The summed E-state index contributed by atoms with van der Waals surface area (Å²) < 4.78 is 15.1. The van der Waals surface area contributed by atoms with E-state index in [9.17, 15) is 9.18 Å². The number of piperazine rings is 1. The van der Waals surface area contributed by atoms with E-state index in [0.717, 1.165) is 13.1 Å². The molecule has 0 spiro atoms. The Kier molecular flexibility index (Phi) is 4.62. The van der Waals surface area contributed by atoms with E-state index in [1.165, 1.54) is 12.1 Å². The fourth-order valence-electron chi connectivity index (χ4n) is 2.86. The minimum absolute atomic E-state index is 0.0581. The summed E-state index contributed by atoms with van der Waals surface area (Å²) >= 11 is 0. The number of amides is 1. The van der Waals surface area contributed by atoms with E-state index < -0.39 is 0 Å². The first-order valence-electron chi connectivity index (χ1n) is 8.22. The summed E-state index contributed by atoms with van der Waals surface area (Å²) in [4.78, 5) is 19.0. The smallest absolute Gasteiger partial charge is 0.293 e. The van der Waals surface area contributed by atoms with Crippen LogP contribution in [0.25, 0.3) is 5.69 Å². The van der Waals surface area contributed by atoms with Gasteiger partial charge in [-0.05, 0) is 25.1 Å². The predicted octanol–water partition coefficient (Wildman–Crippen LogP) is 1.96. The van der Waals surface area contributed by atoms with Crippen molar-refractivity contribution in [1.29, 1.82) is 0 Å². The van der Waals surface area contributed by atoms with Crippen molar-refractivity contribution in [2.45, 2.75) is 32.7 Å². The SMILES string of the molecule is CC(C)c1nc(C(=O)N2CCNC[C@@H]2C)nn1-c1cccc(F)c1. The van der Waals surface area contributed by atoms with Crippen LogP contribution in [0.1, 0.15) is 43.1 Å². The number of carbonyl (C=O) groups is 1. The van der Waals surface area contributed by atoms with Gasteiger partial charge in [-0.25, -0.2) is 14.1 Å². The number of nitrogens with zero attached hydrogens (tertiary/aromatic N) is 4. The van der Waals surface area contributed by atoms with Crippen LogP contribution in [-0.4, -0.2) is 51.2 Å². The second kappa shape index (κ2) is 6.68. The summed E-state index contributed by atoms with van der Waals surface area (Å²) in [6, 6.07) is 6.24. The normalized spacial score (nSPS) is 18.2. The van der Waals surface area contributed by atoms with Crippen molar-refractivity contribution in [1.82, 2.24) is 25.0 Å². The largest absolute Gasteiger partial charge is 0.331 e. The van der Waals surface area contributed by atoms with Gasteiger partial charge in [0.25, 0.3) is 5.91 Å². The molecule has 1 saturated heterocycles. The maximum Gasteiger partial charge on any atom is 0.293 e. The molecule has 1 aromatic heterocycles. The second-order valence-electron chi connectivity index (χ2n) is 6.39. The van der Waals surface area contributed by atoms with E-state index >= 15 is 0 Å². The van der Waals surface area contributed by atoms with Crippen molar-refractivity contribution >= 4 is 5.91 Å². The Morgan fingerprint density at radius 3 is 2.88 bits per heavy atom. The minimum atomic E-state index is -0.346. The van der Waals surface area contributed by atoms with E-state index in [0.29, 0.717) is 18.1 Å². The lowest BCUT2D eigenvalue weighted by Crippen LogP contribution is -2.52. The average Bonchev–Trinajstić information content (AvgIpc) is 3.00. The Hall–Kier alpha value is -2.28. The van der Waals surface area contributed by atoms with Gasteiger partial charge >= 0.3 is 0 Å². The lowest BCUT2D eigenvalue weighted by atomic mass is 10.2. The fourth-order valence-corrected chi connectivity index (χ4v) is 2.86. The number of nitrogens with one attached hydrogen (secondary N) is 1. The van der Waals surface area contributed by atoms with E-state index in [-0.39, 0.29) is 29.5 Å². The summed E-state index contributed by atoms with van der Waals surface area (Å²) in [5.41, 5.74) is 0.568. The fraction of sp³-hybridized carbons (Fsp3) is 0.471. The van der Waals surface area contributed by atoms with E-state index in [1.54, 1.807) is 21.7 Å². The summed E-state index contributed by atoms with van der Waals surface area (Å²) in [7, 11) is 0. The first-order chi connectivity index (χ1) is 11.5. The van der Waals surface area contributed by atoms with Gasteiger partial charge in [-0.3, -0.25) is 4.79 Å². The third-order valence-corrected chi connectivity index (χ3v) is 4.15. The van der Waals surface area contributed by atoms with Gasteiger partial charge in [0.15, 0.2) is 0 Å². The second-order valence-corrected chi connectivity index (χ2v) is 6.39. The molecule has 6 nitrogen and oxygen atoms in total. The zero-order valence-electron chi connectivity index (χ0n) is 14.2. The van der Waals surface area contributed by atoms with Gasteiger partial charge in [-0.1, -0.05) is 19.9 Å². The van der Waals surface area contributed by atoms with Crippen LogP contribution in [0.2, 0.25) is 0 Å². The Labute approximate surface area is 140 Å². The van der Waals surface area contributed by atoms with E-state index in [2.05, 4.69) is 15.4 Å². The third-order valence-electron chi connectivity index (χ3n) is 4.15. The monoisotopic (exact) mass is 331 g/mol. The Morgan fingerprint density at radius 1 is 1.42 bits per heavy atom. The Morgan fingerprint density at radius 2 is 2.21 bits per heavy atom. The summed E-state index contributed by atoms with van der Waals surface area (Å²) in [5.74, 6) is 0.341. The van der Waals surface area contributed by atoms with Crippen LogP contribution < -0.4 is 5.32 Å². The van der Waals surface area contributed by atoms with Gasteiger partial charge in [0, 0.05) is 31.6 Å². The Bertz CT molecular complexity index is 742. The lowest BCUT2D eigenvalue weighted by molar-refractivity contribution is 0.0643. The quantitative estimate of drug-likeness (QED) is 0.934. The predicted molar refractivity (Wildman–Crippen MR) is 88.8 cm³/mol. The van der Waals surface area contributed by atoms with Crippen molar-refractivity contribution < 1.29 is 9.18 Å². The Balaban J connectivity index is 1.98. The lowest BCUT2D eigenvalue weighted by Gasteiger charge is -2.33. The van der Waals surface area contributed by atoms with Crippen molar-refractivity contribution in [2.75, 3.05) is 19.6 Å². The zero-order valence-corrected chi connectivity index (χ0v) is 14.2. The molecule has 2 aromatic rings. The highest BCUT2D eigenvalue weighted by Crippen LogP contribution is 2.19. The summed E-state index contributed by atoms with van der Waals surface area (Å²) in [5, 5.41) is 7.64. The number of halogens is 1. The highest BCUT2D eigenvalue weighted by atomic mass is 19.1. The number of hydrogen-bond donors (Lipinski definition) is 1. The minimum Gasteiger partial charge on any atom is -0.331 e. The molecule has 24 heavy (non-hydrogen) atoms. The van der Waals surface area contributed by atoms with E-state index in [4.69, 9.17) is 0 Å². The molecule has 1 fully saturated rings. The molecule has 0 aliphatic carbocycles. The maximum absolute atomic E-state index is 13.5. The van der Waals surface area contributed by atoms with Crippen LogP contribution in [-0.2, 0) is 0 Å². The van der Waals surface area contributed by atoms with Crippen LogP contribution in [0, 0.1) is 5.82 Å². The van der Waals surface area contributed by atoms with Crippen LogP contribution in [0.4, 0.5) is 4.39 Å². The van der Waals surface area contributed by atoms with Crippen LogP contribution in [0.15, 0.2) is 24.3 Å². The van der Waals surface area contributed by atoms with Gasteiger partial charge in [-0.15, -0.1) is 5.10 Å². The highest BCUT2D eigenvalue weighted by Gasteiger charge is 2.28. The van der Waals surface area contributed by atoms with Gasteiger partial charge in [-0.2, -0.15) is 0 Å². The highest BCUT2D eigenvalue weighted by molar-refractivity contribution is 5.90. The molecule has 0 bridgehead atoms. The number of rotatable bonds is 3. The van der Waals surface area contributed by atoms with Gasteiger partial charge in [0.1, 0.15) is 11.6 Å². The molecule has 0 unspecified atom stereocenters. The molecule has 1 aliphatic rings. The maximum atomic E-state index is 13.5. The molecule has 0 radical (unpaired) electrons. The van der Waals surface area contributed by atoms with Gasteiger partial charge in [0.2, 0.25) is 5.82 Å².